The highest BCUT2D eigenvalue weighted by atomic mass is 19.1. The summed E-state index contributed by atoms with van der Waals surface area (Å²) in [6, 6.07) is 3.24. The minimum Gasteiger partial charge on any atom is -0.376 e. The molecular weight excluding hydrogens is 248 g/mol. The van der Waals surface area contributed by atoms with E-state index in [1.54, 1.807) is 0 Å². The van der Waals surface area contributed by atoms with Crippen LogP contribution >= 0.6 is 0 Å². The van der Waals surface area contributed by atoms with Gasteiger partial charge in [-0.15, -0.1) is 0 Å². The quantitative estimate of drug-likeness (QED) is 0.892. The van der Waals surface area contributed by atoms with Gasteiger partial charge in [0.15, 0.2) is 0 Å². The first-order valence-electron chi connectivity index (χ1n) is 6.56. The zero-order valence-corrected chi connectivity index (χ0v) is 12.0. The molecule has 2 atom stereocenters. The second-order valence-electron chi connectivity index (χ2n) is 5.85. The van der Waals surface area contributed by atoms with E-state index in [2.05, 4.69) is 0 Å². The molecule has 2 N–H and O–H groups in total. The fourth-order valence-electron chi connectivity index (χ4n) is 2.24. The molecule has 19 heavy (non-hydrogen) atoms. The van der Waals surface area contributed by atoms with E-state index in [4.69, 9.17) is 10.5 Å². The smallest absolute Gasteiger partial charge is 0.129 e. The van der Waals surface area contributed by atoms with Crippen LogP contribution in [-0.4, -0.2) is 18.8 Å². The van der Waals surface area contributed by atoms with Gasteiger partial charge in [-0.2, -0.15) is 0 Å². The van der Waals surface area contributed by atoms with Gasteiger partial charge >= 0.3 is 0 Å². The third-order valence-electron chi connectivity index (χ3n) is 3.06. The molecule has 1 rings (SSSR count). The molecule has 4 heteroatoms. The van der Waals surface area contributed by atoms with Crippen LogP contribution in [0.4, 0.5) is 8.78 Å². The molecule has 0 bridgehead atoms. The van der Waals surface area contributed by atoms with Crippen molar-refractivity contribution < 1.29 is 13.5 Å². The molecule has 108 valence electrons. The first kappa shape index (κ1) is 16.1. The Bertz CT molecular complexity index is 415. The Labute approximate surface area is 114 Å². The van der Waals surface area contributed by atoms with Gasteiger partial charge in [-0.25, -0.2) is 8.78 Å². The van der Waals surface area contributed by atoms with Crippen LogP contribution in [0.3, 0.4) is 0 Å². The van der Waals surface area contributed by atoms with Crippen LogP contribution in [0.5, 0.6) is 0 Å². The van der Waals surface area contributed by atoms with E-state index in [-0.39, 0.29) is 17.6 Å². The fourth-order valence-corrected chi connectivity index (χ4v) is 2.24. The highest BCUT2D eigenvalue weighted by molar-refractivity contribution is 5.20. The summed E-state index contributed by atoms with van der Waals surface area (Å²) in [5.41, 5.74) is 6.43. The highest BCUT2D eigenvalue weighted by Crippen LogP contribution is 2.26. The Morgan fingerprint density at radius 1 is 1.26 bits per heavy atom. The number of hydrogen-bond donors (Lipinski definition) is 1. The average molecular weight is 271 g/mol. The number of ether oxygens (including phenoxy) is 1. The average Bonchev–Trinajstić information content (AvgIpc) is 2.28. The summed E-state index contributed by atoms with van der Waals surface area (Å²) < 4.78 is 32.2. The maximum Gasteiger partial charge on any atom is 0.129 e. The van der Waals surface area contributed by atoms with E-state index in [0.717, 1.165) is 6.07 Å². The summed E-state index contributed by atoms with van der Waals surface area (Å²) in [4.78, 5) is 0. The number of nitrogens with two attached hydrogens (primary N) is 1. The molecule has 2 nitrogen and oxygen atoms in total. The normalized spacial score (nSPS) is 15.3. The Morgan fingerprint density at radius 2 is 1.89 bits per heavy atom. The second-order valence-corrected chi connectivity index (χ2v) is 5.85. The number of rotatable bonds is 5. The first-order valence-corrected chi connectivity index (χ1v) is 6.56. The standard InChI is InChI=1S/C15H23F2NO/c1-5-19-14(15(2,3)4)13(18)8-10-6-7-11(16)9-12(10)17/h6-7,9,13-14H,5,8,18H2,1-4H3. The minimum atomic E-state index is -0.577. The van der Waals surface area contributed by atoms with E-state index < -0.39 is 11.6 Å². The van der Waals surface area contributed by atoms with Crippen LogP contribution < -0.4 is 5.73 Å². The molecule has 0 aliphatic carbocycles. The van der Waals surface area contributed by atoms with Crippen LogP contribution in [0.25, 0.3) is 0 Å². The lowest BCUT2D eigenvalue weighted by Gasteiger charge is -2.35. The molecule has 0 aliphatic rings. The van der Waals surface area contributed by atoms with Crippen molar-refractivity contribution >= 4 is 0 Å². The number of hydrogen-bond acceptors (Lipinski definition) is 2. The largest absolute Gasteiger partial charge is 0.376 e. The van der Waals surface area contributed by atoms with Crippen LogP contribution in [0.15, 0.2) is 18.2 Å². The molecule has 0 amide bonds. The molecule has 0 radical (unpaired) electrons. The highest BCUT2D eigenvalue weighted by Gasteiger charge is 2.31. The molecule has 1 aromatic carbocycles. The lowest BCUT2D eigenvalue weighted by atomic mass is 9.82. The van der Waals surface area contributed by atoms with Crippen molar-refractivity contribution in [2.45, 2.75) is 46.3 Å². The van der Waals surface area contributed by atoms with Crippen molar-refractivity contribution in [1.82, 2.24) is 0 Å². The van der Waals surface area contributed by atoms with Crippen molar-refractivity contribution in [3.63, 3.8) is 0 Å². The van der Waals surface area contributed by atoms with Gasteiger partial charge in [0.2, 0.25) is 0 Å². The maximum absolute atomic E-state index is 13.6. The van der Waals surface area contributed by atoms with Crippen molar-refractivity contribution in [3.8, 4) is 0 Å². The number of halogens is 2. The molecule has 1 aromatic rings. The Balaban J connectivity index is 2.84. The van der Waals surface area contributed by atoms with Crippen molar-refractivity contribution in [2.75, 3.05) is 6.61 Å². The van der Waals surface area contributed by atoms with Crippen LogP contribution in [-0.2, 0) is 11.2 Å². The predicted octanol–water partition coefficient (Wildman–Crippen LogP) is 3.29. The molecule has 0 aliphatic heterocycles. The molecule has 0 saturated heterocycles. The topological polar surface area (TPSA) is 35.2 Å². The van der Waals surface area contributed by atoms with Crippen LogP contribution in [0.2, 0.25) is 0 Å². The zero-order chi connectivity index (χ0) is 14.6. The van der Waals surface area contributed by atoms with Gasteiger partial charge in [0.1, 0.15) is 11.6 Å². The molecule has 0 saturated carbocycles. The summed E-state index contributed by atoms with van der Waals surface area (Å²) in [7, 11) is 0. The zero-order valence-electron chi connectivity index (χ0n) is 12.0. The second kappa shape index (κ2) is 6.44. The van der Waals surface area contributed by atoms with Crippen molar-refractivity contribution in [2.24, 2.45) is 11.1 Å². The third-order valence-corrected chi connectivity index (χ3v) is 3.06. The van der Waals surface area contributed by atoms with Crippen LogP contribution in [0, 0.1) is 17.0 Å². The van der Waals surface area contributed by atoms with Gasteiger partial charge in [-0.05, 0) is 30.4 Å². The molecule has 0 aromatic heterocycles. The molecule has 0 fully saturated rings. The van der Waals surface area contributed by atoms with Gasteiger partial charge in [-0.3, -0.25) is 0 Å². The summed E-state index contributed by atoms with van der Waals surface area (Å²) in [6.45, 7) is 8.57. The Hall–Kier alpha value is -1.00. The SMILES string of the molecule is CCOC(C(N)Cc1ccc(F)cc1F)C(C)(C)C. The Kier molecular flexibility index (Phi) is 5.44. The van der Waals surface area contributed by atoms with Crippen LogP contribution in [0.1, 0.15) is 33.3 Å². The first-order chi connectivity index (χ1) is 8.75. The molecular formula is C15H23F2NO. The summed E-state index contributed by atoms with van der Waals surface area (Å²) in [5.74, 6) is -1.13. The summed E-state index contributed by atoms with van der Waals surface area (Å²) >= 11 is 0. The monoisotopic (exact) mass is 271 g/mol. The van der Waals surface area contributed by atoms with Crippen molar-refractivity contribution in [3.05, 3.63) is 35.4 Å². The minimum absolute atomic E-state index is 0.133. The predicted molar refractivity (Wildman–Crippen MR) is 72.9 cm³/mol. The van der Waals surface area contributed by atoms with Gasteiger partial charge in [0.05, 0.1) is 6.10 Å². The maximum atomic E-state index is 13.6. The van der Waals surface area contributed by atoms with Gasteiger partial charge < -0.3 is 10.5 Å². The molecule has 0 heterocycles. The van der Waals surface area contributed by atoms with Gasteiger partial charge in [0, 0.05) is 18.7 Å². The van der Waals surface area contributed by atoms with E-state index in [0.29, 0.717) is 18.6 Å². The lowest BCUT2D eigenvalue weighted by molar-refractivity contribution is -0.0275. The van der Waals surface area contributed by atoms with Gasteiger partial charge in [-0.1, -0.05) is 26.8 Å². The molecule has 2 unspecified atom stereocenters. The van der Waals surface area contributed by atoms with E-state index >= 15 is 0 Å². The van der Waals surface area contributed by atoms with E-state index in [1.165, 1.54) is 12.1 Å². The van der Waals surface area contributed by atoms with E-state index in [9.17, 15) is 8.78 Å². The summed E-state index contributed by atoms with van der Waals surface area (Å²) in [5, 5.41) is 0. The lowest BCUT2D eigenvalue weighted by Crippen LogP contribution is -2.46. The van der Waals surface area contributed by atoms with Crippen molar-refractivity contribution in [1.29, 1.82) is 0 Å². The van der Waals surface area contributed by atoms with E-state index in [1.807, 2.05) is 27.7 Å². The Morgan fingerprint density at radius 3 is 2.37 bits per heavy atom. The number of benzene rings is 1. The van der Waals surface area contributed by atoms with Gasteiger partial charge in [0.25, 0.3) is 0 Å². The molecule has 0 spiro atoms. The third kappa shape index (κ3) is 4.55. The fraction of sp³-hybridized carbons (Fsp3) is 0.600. The summed E-state index contributed by atoms with van der Waals surface area (Å²) in [6.07, 6.45) is 0.149.